The van der Waals surface area contributed by atoms with Gasteiger partial charge in [0, 0.05) is 11.3 Å². The Kier molecular flexibility index (Phi) is 4.93. The molecule has 2 heterocycles. The summed E-state index contributed by atoms with van der Waals surface area (Å²) < 4.78 is 6.51. The van der Waals surface area contributed by atoms with Gasteiger partial charge in [-0.15, -0.1) is 5.10 Å². The Labute approximate surface area is 160 Å². The third-order valence-electron chi connectivity index (χ3n) is 3.78. The van der Waals surface area contributed by atoms with Crippen LogP contribution in [0.3, 0.4) is 0 Å². The Morgan fingerprint density at radius 3 is 2.52 bits per heavy atom. The second kappa shape index (κ2) is 7.03. The van der Waals surface area contributed by atoms with Crippen LogP contribution in [-0.2, 0) is 14.3 Å². The van der Waals surface area contributed by atoms with Crippen LogP contribution in [0.4, 0.5) is 5.69 Å². The first kappa shape index (κ1) is 18.9. The normalized spacial score (nSPS) is 11.6. The van der Waals surface area contributed by atoms with E-state index in [1.54, 1.807) is 45.0 Å². The van der Waals surface area contributed by atoms with Crippen molar-refractivity contribution in [2.24, 2.45) is 5.41 Å². The lowest BCUT2D eigenvalue weighted by molar-refractivity contribution is -0.155. The van der Waals surface area contributed by atoms with Crippen LogP contribution >= 0.6 is 11.6 Å². The summed E-state index contributed by atoms with van der Waals surface area (Å²) in [5, 5.41) is 10.6. The number of amides is 1. The standard InChI is InChI=1S/C18H20ClN5O3/c1-10-14(19)16-21-15(23-24(16)22-10)11-5-7-12(8-6-11)20-13(25)9-27-17(26)18(2,3)4/h5-8,22H,9H2,1-4H3,(H,20,25). The molecule has 9 heteroatoms. The SMILES string of the molecule is Cc1[nH]n2nc(-c3ccc(NC(=O)COC(=O)C(C)(C)C)cc3)nc2c1Cl. The molecule has 0 aliphatic carbocycles. The number of anilines is 1. The summed E-state index contributed by atoms with van der Waals surface area (Å²) in [5.41, 5.74) is 2.06. The summed E-state index contributed by atoms with van der Waals surface area (Å²) in [6, 6.07) is 7.01. The number of carbonyl (C=O) groups excluding carboxylic acids is 2. The smallest absolute Gasteiger partial charge is 0.311 e. The minimum Gasteiger partial charge on any atom is -0.455 e. The average molecular weight is 390 g/mol. The number of nitrogens with one attached hydrogen (secondary N) is 2. The van der Waals surface area contributed by atoms with E-state index in [-0.39, 0.29) is 6.61 Å². The minimum atomic E-state index is -0.648. The molecule has 0 fully saturated rings. The molecule has 1 amide bonds. The second-order valence-corrected chi connectivity index (χ2v) is 7.55. The minimum absolute atomic E-state index is 0.330. The summed E-state index contributed by atoms with van der Waals surface area (Å²) in [5.74, 6) is -0.320. The van der Waals surface area contributed by atoms with Gasteiger partial charge in [-0.25, -0.2) is 4.98 Å². The molecule has 0 atom stereocenters. The summed E-state index contributed by atoms with van der Waals surface area (Å²) >= 11 is 6.17. The molecule has 0 aliphatic heterocycles. The van der Waals surface area contributed by atoms with E-state index in [1.807, 2.05) is 6.92 Å². The number of esters is 1. The van der Waals surface area contributed by atoms with Crippen molar-refractivity contribution in [3.8, 4) is 11.4 Å². The fraction of sp³-hybridized carbons (Fsp3) is 0.333. The van der Waals surface area contributed by atoms with Gasteiger partial charge in [0.25, 0.3) is 5.91 Å². The van der Waals surface area contributed by atoms with Crippen LogP contribution in [0.15, 0.2) is 24.3 Å². The van der Waals surface area contributed by atoms with Crippen molar-refractivity contribution in [2.75, 3.05) is 11.9 Å². The van der Waals surface area contributed by atoms with Gasteiger partial charge in [-0.2, -0.15) is 4.63 Å². The molecule has 8 nitrogen and oxygen atoms in total. The lowest BCUT2D eigenvalue weighted by atomic mass is 9.97. The number of fused-ring (bicyclic) bond motifs is 1. The number of halogens is 1. The lowest BCUT2D eigenvalue weighted by Crippen LogP contribution is -2.27. The van der Waals surface area contributed by atoms with Crippen LogP contribution < -0.4 is 5.32 Å². The fourth-order valence-corrected chi connectivity index (χ4v) is 2.44. The average Bonchev–Trinajstić information content (AvgIpc) is 3.12. The van der Waals surface area contributed by atoms with Crippen molar-refractivity contribution in [2.45, 2.75) is 27.7 Å². The van der Waals surface area contributed by atoms with Crippen molar-refractivity contribution in [3.05, 3.63) is 35.0 Å². The highest BCUT2D eigenvalue weighted by molar-refractivity contribution is 6.34. The molecule has 27 heavy (non-hydrogen) atoms. The van der Waals surface area contributed by atoms with Crippen LogP contribution in [0.25, 0.3) is 17.0 Å². The summed E-state index contributed by atoms with van der Waals surface area (Å²) in [4.78, 5) is 28.0. The van der Waals surface area contributed by atoms with Crippen molar-refractivity contribution < 1.29 is 14.3 Å². The zero-order valence-corrected chi connectivity index (χ0v) is 16.2. The van der Waals surface area contributed by atoms with Gasteiger partial charge in [0.2, 0.25) is 0 Å². The number of benzene rings is 1. The summed E-state index contributed by atoms with van der Waals surface area (Å²) in [6.07, 6.45) is 0. The topological polar surface area (TPSA) is 101 Å². The zero-order valence-electron chi connectivity index (χ0n) is 15.5. The third kappa shape index (κ3) is 4.11. The highest BCUT2D eigenvalue weighted by Gasteiger charge is 2.23. The molecular weight excluding hydrogens is 370 g/mol. The molecule has 2 N–H and O–H groups in total. The molecule has 0 spiro atoms. The number of aryl methyl sites for hydroxylation is 1. The maximum Gasteiger partial charge on any atom is 0.311 e. The van der Waals surface area contributed by atoms with Crippen LogP contribution in [-0.4, -0.2) is 38.3 Å². The number of hydrogen-bond acceptors (Lipinski definition) is 5. The lowest BCUT2D eigenvalue weighted by Gasteiger charge is -2.16. The van der Waals surface area contributed by atoms with E-state index >= 15 is 0 Å². The van der Waals surface area contributed by atoms with Crippen LogP contribution in [0.1, 0.15) is 26.5 Å². The van der Waals surface area contributed by atoms with Gasteiger partial charge in [-0.3, -0.25) is 14.7 Å². The predicted molar refractivity (Wildman–Crippen MR) is 102 cm³/mol. The van der Waals surface area contributed by atoms with Gasteiger partial charge in [0.05, 0.1) is 11.1 Å². The highest BCUT2D eigenvalue weighted by Crippen LogP contribution is 2.24. The van der Waals surface area contributed by atoms with Gasteiger partial charge < -0.3 is 10.1 Å². The quantitative estimate of drug-likeness (QED) is 0.667. The van der Waals surface area contributed by atoms with Crippen LogP contribution in [0.5, 0.6) is 0 Å². The van der Waals surface area contributed by atoms with E-state index in [0.29, 0.717) is 22.2 Å². The number of ether oxygens (including phenoxy) is 1. The van der Waals surface area contributed by atoms with Crippen molar-refractivity contribution >= 4 is 34.8 Å². The Balaban J connectivity index is 1.64. The molecule has 0 aliphatic rings. The van der Waals surface area contributed by atoms with E-state index in [2.05, 4.69) is 20.5 Å². The first-order valence-electron chi connectivity index (χ1n) is 8.33. The number of nitrogens with zero attached hydrogens (tertiary/aromatic N) is 3. The Morgan fingerprint density at radius 2 is 1.93 bits per heavy atom. The molecule has 0 radical (unpaired) electrons. The second-order valence-electron chi connectivity index (χ2n) is 7.17. The number of rotatable bonds is 4. The largest absolute Gasteiger partial charge is 0.455 e. The van der Waals surface area contributed by atoms with Gasteiger partial charge in [0.15, 0.2) is 18.1 Å². The molecule has 0 bridgehead atoms. The van der Waals surface area contributed by atoms with Crippen molar-refractivity contribution in [1.29, 1.82) is 0 Å². The molecule has 0 unspecified atom stereocenters. The van der Waals surface area contributed by atoms with E-state index < -0.39 is 17.3 Å². The highest BCUT2D eigenvalue weighted by atomic mass is 35.5. The van der Waals surface area contributed by atoms with E-state index in [4.69, 9.17) is 16.3 Å². The first-order valence-corrected chi connectivity index (χ1v) is 8.71. The maximum atomic E-state index is 11.9. The Hall–Kier alpha value is -2.87. The van der Waals surface area contributed by atoms with Crippen LogP contribution in [0.2, 0.25) is 5.02 Å². The number of H-pyrrole nitrogens is 1. The van der Waals surface area contributed by atoms with E-state index in [0.717, 1.165) is 11.3 Å². The summed E-state index contributed by atoms with van der Waals surface area (Å²) in [7, 11) is 0. The van der Waals surface area contributed by atoms with E-state index in [1.165, 1.54) is 4.63 Å². The van der Waals surface area contributed by atoms with Gasteiger partial charge in [-0.1, -0.05) is 11.6 Å². The molecule has 0 saturated heterocycles. The first-order chi connectivity index (χ1) is 12.6. The molecular formula is C18H20ClN5O3. The third-order valence-corrected chi connectivity index (χ3v) is 4.23. The van der Waals surface area contributed by atoms with Crippen molar-refractivity contribution in [1.82, 2.24) is 19.8 Å². The molecule has 3 rings (SSSR count). The maximum absolute atomic E-state index is 11.9. The fourth-order valence-electron chi connectivity index (χ4n) is 2.28. The summed E-state index contributed by atoms with van der Waals surface area (Å²) in [6.45, 7) is 6.69. The van der Waals surface area contributed by atoms with Crippen LogP contribution in [0, 0.1) is 12.3 Å². The molecule has 2 aromatic heterocycles. The molecule has 3 aromatic rings. The van der Waals surface area contributed by atoms with Gasteiger partial charge in [-0.05, 0) is 52.0 Å². The number of aromatic amines is 1. The zero-order chi connectivity index (χ0) is 19.8. The molecule has 142 valence electrons. The number of aromatic nitrogens is 4. The Morgan fingerprint density at radius 1 is 1.26 bits per heavy atom. The Bertz CT molecular complexity index is 999. The monoisotopic (exact) mass is 389 g/mol. The predicted octanol–water partition coefficient (Wildman–Crippen LogP) is 3.21. The van der Waals surface area contributed by atoms with Gasteiger partial charge >= 0.3 is 5.97 Å². The van der Waals surface area contributed by atoms with Crippen molar-refractivity contribution in [3.63, 3.8) is 0 Å². The van der Waals surface area contributed by atoms with Gasteiger partial charge in [0.1, 0.15) is 5.02 Å². The molecule has 0 saturated carbocycles. The van der Waals surface area contributed by atoms with E-state index in [9.17, 15) is 9.59 Å². The number of hydrogen-bond donors (Lipinski definition) is 2. The molecule has 1 aromatic carbocycles. The number of carbonyl (C=O) groups is 2.